The Morgan fingerprint density at radius 3 is 1.05 bits per heavy atom. The van der Waals surface area contributed by atoms with Crippen LogP contribution in [-0.2, 0) is 42.2 Å². The minimum absolute atomic E-state index is 0.109. The van der Waals surface area contributed by atoms with Gasteiger partial charge in [0.2, 0.25) is 0 Å². The number of phosphoric acid groups is 1. The Bertz CT molecular complexity index is 1430. The highest BCUT2D eigenvalue weighted by Gasteiger charge is 2.28. The van der Waals surface area contributed by atoms with Crippen molar-refractivity contribution in [1.82, 2.24) is 0 Å². The number of hydrogen-bond acceptors (Lipinski definition) is 10. The zero-order valence-corrected chi connectivity index (χ0v) is 48.7. The Morgan fingerprint density at radius 2 is 0.703 bits per heavy atom. The van der Waals surface area contributed by atoms with Crippen molar-refractivity contribution in [2.45, 2.75) is 303 Å². The highest BCUT2D eigenvalue weighted by Crippen LogP contribution is 2.43. The zero-order valence-electron chi connectivity index (χ0n) is 47.8. The van der Waals surface area contributed by atoms with Crippen LogP contribution in [0.1, 0.15) is 290 Å². The van der Waals surface area contributed by atoms with Crippen molar-refractivity contribution in [1.29, 1.82) is 0 Å². The van der Waals surface area contributed by atoms with Gasteiger partial charge in [0.1, 0.15) is 12.7 Å². The van der Waals surface area contributed by atoms with Crippen LogP contribution in [0.25, 0.3) is 0 Å². The average Bonchev–Trinajstić information content (AvgIpc) is 3.39. The molecule has 0 bridgehead atoms. The van der Waals surface area contributed by atoms with Crippen LogP contribution in [0.3, 0.4) is 0 Å². The molecule has 2 N–H and O–H groups in total. The molecule has 0 aromatic heterocycles. The van der Waals surface area contributed by atoms with Gasteiger partial charge < -0.3 is 24.2 Å². The number of allylic oxidation sites excluding steroid dienone is 8. The molecule has 0 aliphatic carbocycles. The lowest BCUT2D eigenvalue weighted by atomic mass is 10.0. The highest BCUT2D eigenvalue weighted by atomic mass is 31.2. The third kappa shape index (κ3) is 54.2. The van der Waals surface area contributed by atoms with Gasteiger partial charge in [0.25, 0.3) is 0 Å². The van der Waals surface area contributed by atoms with E-state index in [0.29, 0.717) is 19.3 Å². The van der Waals surface area contributed by atoms with Crippen LogP contribution in [0, 0.1) is 0 Å². The van der Waals surface area contributed by atoms with E-state index in [9.17, 15) is 28.9 Å². The number of hydrogen-bond donors (Lipinski definition) is 2. The summed E-state index contributed by atoms with van der Waals surface area (Å²) in [4.78, 5) is 48.5. The molecule has 12 heteroatoms. The summed E-state index contributed by atoms with van der Waals surface area (Å²) in [6, 6.07) is 0. The largest absolute Gasteiger partial charge is 0.472 e. The first-order valence-corrected chi connectivity index (χ1v) is 32.0. The molecular weight excluding hydrogens is 952 g/mol. The predicted octanol–water partition coefficient (Wildman–Crippen LogP) is 18.1. The Labute approximate surface area is 453 Å². The standard InChI is InChI=1S/C62H113O11P/c1-4-7-10-13-16-19-22-25-27-29-31-34-37-40-43-46-49-52-61(65)72-58(54-63)56-70-74(67,68)71-57-59(55-69-60(64)51-48-45-42-39-36-33-24-21-18-15-12-9-6-3)73-62(66)53-50-47-44-41-38-35-32-30-28-26-23-20-17-14-11-8-5-2/h9,12,18,21,33,36,42,45,58-59,63H,4-8,10-11,13-17,19-20,22-32,34-35,37-41,43-44,46-57H2,1-3H3,(H,67,68)/b12-9-,21-18-,36-33-,45-42-. The number of aliphatic hydroxyl groups is 1. The Balaban J connectivity index is 4.68. The lowest BCUT2D eigenvalue weighted by Crippen LogP contribution is -2.30. The maximum absolute atomic E-state index is 12.9. The van der Waals surface area contributed by atoms with Gasteiger partial charge in [0, 0.05) is 19.3 Å². The quantitative estimate of drug-likeness (QED) is 0.0197. The zero-order chi connectivity index (χ0) is 54.1. The number of carbonyl (C=O) groups is 3. The summed E-state index contributed by atoms with van der Waals surface area (Å²) < 4.78 is 39.5. The summed E-state index contributed by atoms with van der Waals surface area (Å²) in [6.45, 7) is 4.51. The van der Waals surface area contributed by atoms with Gasteiger partial charge in [-0.2, -0.15) is 0 Å². The van der Waals surface area contributed by atoms with Crippen molar-refractivity contribution in [2.24, 2.45) is 0 Å². The smallest absolute Gasteiger partial charge is 0.462 e. The molecule has 0 aromatic carbocycles. The summed E-state index contributed by atoms with van der Waals surface area (Å²) >= 11 is 0. The van der Waals surface area contributed by atoms with E-state index in [0.717, 1.165) is 64.2 Å². The van der Waals surface area contributed by atoms with Crippen molar-refractivity contribution >= 4 is 25.7 Å². The third-order valence-corrected chi connectivity index (χ3v) is 14.2. The van der Waals surface area contributed by atoms with Gasteiger partial charge in [-0.1, -0.05) is 275 Å². The minimum Gasteiger partial charge on any atom is -0.462 e. The lowest BCUT2D eigenvalue weighted by Gasteiger charge is -2.21. The van der Waals surface area contributed by atoms with Gasteiger partial charge in [0.05, 0.1) is 19.8 Å². The normalized spacial score (nSPS) is 13.6. The molecule has 0 rings (SSSR count). The molecule has 74 heavy (non-hydrogen) atoms. The second kappa shape index (κ2) is 56.6. The van der Waals surface area contributed by atoms with Crippen molar-refractivity contribution in [3.8, 4) is 0 Å². The second-order valence-corrected chi connectivity index (χ2v) is 22.0. The first kappa shape index (κ1) is 71.4. The fraction of sp³-hybridized carbons (Fsp3) is 0.823. The van der Waals surface area contributed by atoms with E-state index in [1.807, 2.05) is 12.2 Å². The molecule has 0 saturated carbocycles. The van der Waals surface area contributed by atoms with Crippen LogP contribution < -0.4 is 0 Å². The summed E-state index contributed by atoms with van der Waals surface area (Å²) in [5.74, 6) is -1.54. The number of aliphatic hydroxyl groups excluding tert-OH is 1. The molecule has 0 aliphatic heterocycles. The molecule has 0 radical (unpaired) electrons. The topological polar surface area (TPSA) is 155 Å². The summed E-state index contributed by atoms with van der Waals surface area (Å²) in [7, 11) is -4.76. The maximum Gasteiger partial charge on any atom is 0.472 e. The van der Waals surface area contributed by atoms with Gasteiger partial charge in [0.15, 0.2) is 6.10 Å². The minimum atomic E-state index is -4.76. The first-order chi connectivity index (χ1) is 36.2. The molecule has 0 saturated heterocycles. The molecule has 0 aliphatic rings. The fourth-order valence-electron chi connectivity index (χ4n) is 8.67. The molecule has 0 fully saturated rings. The van der Waals surface area contributed by atoms with Crippen LogP contribution in [-0.4, -0.2) is 66.5 Å². The summed E-state index contributed by atoms with van der Waals surface area (Å²) in [6.07, 6.45) is 60.9. The number of carbonyl (C=O) groups excluding carboxylic acids is 3. The van der Waals surface area contributed by atoms with Gasteiger partial charge in [-0.15, -0.1) is 0 Å². The average molecular weight is 1070 g/mol. The Hall–Kier alpha value is -2.56. The second-order valence-electron chi connectivity index (χ2n) is 20.5. The monoisotopic (exact) mass is 1060 g/mol. The molecule has 0 heterocycles. The molecule has 3 atom stereocenters. The number of phosphoric ester groups is 1. The molecular formula is C62H113O11P. The first-order valence-electron chi connectivity index (χ1n) is 30.5. The number of rotatable bonds is 57. The van der Waals surface area contributed by atoms with Crippen LogP contribution >= 0.6 is 7.82 Å². The van der Waals surface area contributed by atoms with E-state index in [4.69, 9.17) is 23.3 Å². The molecule has 0 aromatic rings. The summed E-state index contributed by atoms with van der Waals surface area (Å²) in [5, 5.41) is 9.83. The molecule has 0 spiro atoms. The van der Waals surface area contributed by atoms with Crippen LogP contribution in [0.15, 0.2) is 48.6 Å². The number of esters is 3. The number of unbranched alkanes of at least 4 members (excludes halogenated alkanes) is 32. The van der Waals surface area contributed by atoms with E-state index in [1.165, 1.54) is 167 Å². The van der Waals surface area contributed by atoms with E-state index in [1.54, 1.807) is 0 Å². The summed E-state index contributed by atoms with van der Waals surface area (Å²) in [5.41, 5.74) is 0. The molecule has 432 valence electrons. The van der Waals surface area contributed by atoms with Crippen molar-refractivity contribution in [3.63, 3.8) is 0 Å². The predicted molar refractivity (Wildman–Crippen MR) is 307 cm³/mol. The van der Waals surface area contributed by atoms with Crippen LogP contribution in [0.5, 0.6) is 0 Å². The lowest BCUT2D eigenvalue weighted by molar-refractivity contribution is -0.161. The van der Waals surface area contributed by atoms with Crippen LogP contribution in [0.2, 0.25) is 0 Å². The van der Waals surface area contributed by atoms with E-state index < -0.39 is 57.8 Å². The van der Waals surface area contributed by atoms with Gasteiger partial charge in [-0.05, 0) is 44.9 Å². The molecule has 0 amide bonds. The SMILES string of the molecule is CC/C=C\C/C=C\C/C=C\C/C=C\CCC(=O)OCC(COP(=O)(O)OCC(CO)OC(=O)CCCCCCCCCCCCCCCCCCC)OC(=O)CCCCCCCCCCCCCCCCCCC. The molecule has 3 unspecified atom stereocenters. The molecule has 11 nitrogen and oxygen atoms in total. The van der Waals surface area contributed by atoms with E-state index in [-0.39, 0.29) is 25.9 Å². The van der Waals surface area contributed by atoms with E-state index >= 15 is 0 Å². The van der Waals surface area contributed by atoms with Gasteiger partial charge in [-0.3, -0.25) is 23.4 Å². The Kier molecular flexibility index (Phi) is 54.7. The van der Waals surface area contributed by atoms with Gasteiger partial charge >= 0.3 is 25.7 Å². The fourth-order valence-corrected chi connectivity index (χ4v) is 9.45. The Morgan fingerprint density at radius 1 is 0.392 bits per heavy atom. The van der Waals surface area contributed by atoms with Crippen LogP contribution in [0.4, 0.5) is 0 Å². The van der Waals surface area contributed by atoms with Crippen molar-refractivity contribution in [2.75, 3.05) is 26.4 Å². The van der Waals surface area contributed by atoms with Crippen molar-refractivity contribution < 1.29 is 52.2 Å². The van der Waals surface area contributed by atoms with E-state index in [2.05, 4.69) is 57.2 Å². The maximum atomic E-state index is 12.9. The highest BCUT2D eigenvalue weighted by molar-refractivity contribution is 7.47. The van der Waals surface area contributed by atoms with Crippen molar-refractivity contribution in [3.05, 3.63) is 48.6 Å². The number of ether oxygens (including phenoxy) is 3. The third-order valence-electron chi connectivity index (χ3n) is 13.3. The van der Waals surface area contributed by atoms with Gasteiger partial charge in [-0.25, -0.2) is 4.57 Å².